The molecule has 6 heteroatoms. The highest BCUT2D eigenvalue weighted by Gasteiger charge is 2.39. The average molecular weight is 330 g/mol. The maximum Gasteiger partial charge on any atom is 0.163 e. The normalized spacial score (nSPS) is 21.0. The molecule has 1 aromatic heterocycles. The van der Waals surface area contributed by atoms with Crippen molar-refractivity contribution in [3.8, 4) is 12.1 Å². The number of benzene rings is 1. The third kappa shape index (κ3) is 2.48. The molecule has 2 atom stereocenters. The van der Waals surface area contributed by atoms with E-state index in [9.17, 15) is 10.5 Å². The lowest BCUT2D eigenvalue weighted by Gasteiger charge is -2.31. The molecule has 0 unspecified atom stereocenters. The van der Waals surface area contributed by atoms with Crippen molar-refractivity contribution < 1.29 is 0 Å². The second kappa shape index (κ2) is 6.08. The molecule has 0 amide bonds. The summed E-state index contributed by atoms with van der Waals surface area (Å²) in [7, 11) is 2.08. The van der Waals surface area contributed by atoms with E-state index < -0.39 is 0 Å². The highest BCUT2D eigenvalue weighted by atomic mass is 15.2. The molecule has 2 aliphatic rings. The van der Waals surface area contributed by atoms with Crippen LogP contribution in [-0.4, -0.2) is 31.2 Å². The number of likely N-dealkylation sites (N-methyl/N-ethyl adjacent to an activating group) is 1. The van der Waals surface area contributed by atoms with Gasteiger partial charge in [-0.3, -0.25) is 0 Å². The molecule has 124 valence electrons. The minimum atomic E-state index is 0.343. The number of anilines is 3. The van der Waals surface area contributed by atoms with E-state index in [0.717, 1.165) is 30.9 Å². The van der Waals surface area contributed by atoms with Gasteiger partial charge in [-0.05, 0) is 42.8 Å². The molecular weight excluding hydrogens is 312 g/mol. The lowest BCUT2D eigenvalue weighted by molar-refractivity contribution is 0.413. The topological polar surface area (TPSA) is 87.8 Å². The molecule has 4 rings (SSSR count). The highest BCUT2D eigenvalue weighted by Crippen LogP contribution is 2.45. The molecule has 3 heterocycles. The van der Waals surface area contributed by atoms with Gasteiger partial charge in [0.25, 0.3) is 0 Å². The van der Waals surface area contributed by atoms with Gasteiger partial charge in [-0.1, -0.05) is 0 Å². The van der Waals surface area contributed by atoms with Crippen molar-refractivity contribution in [2.75, 3.05) is 30.4 Å². The van der Waals surface area contributed by atoms with Crippen LogP contribution in [0.5, 0.6) is 0 Å². The lowest BCUT2D eigenvalue weighted by Crippen LogP contribution is -2.42. The number of nitrogens with one attached hydrogen (secondary N) is 2. The van der Waals surface area contributed by atoms with Gasteiger partial charge < -0.3 is 15.5 Å². The van der Waals surface area contributed by atoms with E-state index in [-0.39, 0.29) is 0 Å². The summed E-state index contributed by atoms with van der Waals surface area (Å²) in [6.07, 6.45) is 2.67. The zero-order valence-electron chi connectivity index (χ0n) is 14.0. The van der Waals surface area contributed by atoms with Crippen LogP contribution in [-0.2, 0) is 0 Å². The second-order valence-corrected chi connectivity index (χ2v) is 6.49. The average Bonchev–Trinajstić information content (AvgIpc) is 2.94. The SMILES string of the molecule is CN1c2c(C#N)cc(Nc3cccnc3C#N)cc2[C@@H]2CNCC[C@@H]21. The lowest BCUT2D eigenvalue weighted by atomic mass is 9.89. The molecule has 25 heavy (non-hydrogen) atoms. The van der Waals surface area contributed by atoms with Crippen LogP contribution in [0.25, 0.3) is 0 Å². The number of pyridine rings is 1. The van der Waals surface area contributed by atoms with Crippen LogP contribution >= 0.6 is 0 Å². The molecule has 1 fully saturated rings. The van der Waals surface area contributed by atoms with Gasteiger partial charge in [0.2, 0.25) is 0 Å². The molecule has 0 bridgehead atoms. The number of fused-ring (bicyclic) bond motifs is 3. The predicted octanol–water partition coefficient (Wildman–Crippen LogP) is 2.46. The van der Waals surface area contributed by atoms with Gasteiger partial charge in [-0.25, -0.2) is 4.98 Å². The van der Waals surface area contributed by atoms with Gasteiger partial charge in [-0.2, -0.15) is 10.5 Å². The number of nitrogens with zero attached hydrogens (tertiary/aromatic N) is 4. The summed E-state index contributed by atoms with van der Waals surface area (Å²) in [5, 5.41) is 25.6. The molecule has 0 saturated carbocycles. The van der Waals surface area contributed by atoms with Gasteiger partial charge >= 0.3 is 0 Å². The monoisotopic (exact) mass is 330 g/mol. The van der Waals surface area contributed by atoms with Crippen LogP contribution in [0.2, 0.25) is 0 Å². The van der Waals surface area contributed by atoms with Gasteiger partial charge in [0.1, 0.15) is 12.1 Å². The fourth-order valence-corrected chi connectivity index (χ4v) is 4.03. The van der Waals surface area contributed by atoms with E-state index in [1.54, 1.807) is 12.3 Å². The Morgan fingerprint density at radius 1 is 1.32 bits per heavy atom. The summed E-state index contributed by atoms with van der Waals surface area (Å²) >= 11 is 0. The molecule has 0 radical (unpaired) electrons. The van der Waals surface area contributed by atoms with Crippen molar-refractivity contribution >= 4 is 17.1 Å². The summed E-state index contributed by atoms with van der Waals surface area (Å²) in [5.41, 5.74) is 4.72. The quantitative estimate of drug-likeness (QED) is 0.879. The Labute approximate surface area is 146 Å². The summed E-state index contributed by atoms with van der Waals surface area (Å²) in [5.74, 6) is 0.381. The fourth-order valence-electron chi connectivity index (χ4n) is 4.03. The van der Waals surface area contributed by atoms with E-state index in [1.165, 1.54) is 5.56 Å². The first-order valence-electron chi connectivity index (χ1n) is 8.36. The van der Waals surface area contributed by atoms with E-state index in [1.807, 2.05) is 12.1 Å². The van der Waals surface area contributed by atoms with Crippen molar-refractivity contribution in [2.45, 2.75) is 18.4 Å². The number of nitriles is 2. The number of hydrogen-bond donors (Lipinski definition) is 2. The minimum absolute atomic E-state index is 0.343. The van der Waals surface area contributed by atoms with Crippen LogP contribution in [0.3, 0.4) is 0 Å². The standard InChI is InChI=1S/C19H18N6/c1-25-18-4-6-22-11-15(18)14-8-13(7-12(9-20)19(14)25)24-16-3-2-5-23-17(16)10-21/h2-3,5,7-8,15,18,22,24H,4,6,11H2,1H3/t15-,18-/m0/s1. The van der Waals surface area contributed by atoms with Crippen LogP contribution < -0.4 is 15.5 Å². The van der Waals surface area contributed by atoms with Crippen molar-refractivity contribution in [1.82, 2.24) is 10.3 Å². The Morgan fingerprint density at radius 2 is 2.20 bits per heavy atom. The van der Waals surface area contributed by atoms with Gasteiger partial charge in [0, 0.05) is 37.4 Å². The first-order chi connectivity index (χ1) is 12.2. The Hall–Kier alpha value is -3.09. The van der Waals surface area contributed by atoms with Gasteiger partial charge in [0.05, 0.1) is 16.9 Å². The minimum Gasteiger partial charge on any atom is -0.370 e. The second-order valence-electron chi connectivity index (χ2n) is 6.49. The van der Waals surface area contributed by atoms with Crippen LogP contribution in [0, 0.1) is 22.7 Å². The summed E-state index contributed by atoms with van der Waals surface area (Å²) in [6.45, 7) is 1.93. The van der Waals surface area contributed by atoms with Crippen molar-refractivity contribution in [2.24, 2.45) is 0 Å². The van der Waals surface area contributed by atoms with E-state index in [2.05, 4.69) is 45.8 Å². The van der Waals surface area contributed by atoms with Gasteiger partial charge in [-0.15, -0.1) is 0 Å². The highest BCUT2D eigenvalue weighted by molar-refractivity contribution is 5.77. The molecule has 2 N–H and O–H groups in total. The fraction of sp³-hybridized carbons (Fsp3) is 0.316. The van der Waals surface area contributed by atoms with Crippen molar-refractivity contribution in [1.29, 1.82) is 10.5 Å². The summed E-state index contributed by atoms with van der Waals surface area (Å²) < 4.78 is 0. The number of hydrogen-bond acceptors (Lipinski definition) is 6. The largest absolute Gasteiger partial charge is 0.370 e. The molecule has 0 spiro atoms. The maximum atomic E-state index is 9.66. The van der Waals surface area contributed by atoms with E-state index in [0.29, 0.717) is 28.9 Å². The Morgan fingerprint density at radius 3 is 3.00 bits per heavy atom. The summed E-state index contributed by atoms with van der Waals surface area (Å²) in [6, 6.07) is 12.4. The third-order valence-electron chi connectivity index (χ3n) is 5.15. The van der Waals surface area contributed by atoms with Crippen LogP contribution in [0.1, 0.15) is 29.2 Å². The smallest absolute Gasteiger partial charge is 0.163 e. The van der Waals surface area contributed by atoms with Gasteiger partial charge in [0.15, 0.2) is 5.69 Å². The van der Waals surface area contributed by atoms with E-state index >= 15 is 0 Å². The van der Waals surface area contributed by atoms with Crippen LogP contribution in [0.15, 0.2) is 30.5 Å². The first-order valence-corrected chi connectivity index (χ1v) is 8.36. The van der Waals surface area contributed by atoms with Crippen molar-refractivity contribution in [3.63, 3.8) is 0 Å². The van der Waals surface area contributed by atoms with Crippen molar-refractivity contribution in [3.05, 3.63) is 47.3 Å². The molecule has 6 nitrogen and oxygen atoms in total. The zero-order chi connectivity index (χ0) is 17.4. The molecule has 1 saturated heterocycles. The molecule has 2 aromatic rings. The number of rotatable bonds is 2. The van der Waals surface area contributed by atoms with Crippen LogP contribution in [0.4, 0.5) is 17.1 Å². The predicted molar refractivity (Wildman–Crippen MR) is 95.8 cm³/mol. The first kappa shape index (κ1) is 15.4. The third-order valence-corrected chi connectivity index (χ3v) is 5.15. The molecule has 0 aliphatic carbocycles. The molecular formula is C19H18N6. The molecule has 1 aromatic carbocycles. The Balaban J connectivity index is 1.78. The maximum absolute atomic E-state index is 9.66. The molecule has 2 aliphatic heterocycles. The number of aromatic nitrogens is 1. The summed E-state index contributed by atoms with van der Waals surface area (Å²) in [4.78, 5) is 6.34. The Kier molecular flexibility index (Phi) is 3.76. The Bertz CT molecular complexity index is 907. The number of piperidine rings is 1. The zero-order valence-corrected chi connectivity index (χ0v) is 14.0. The van der Waals surface area contributed by atoms with E-state index in [4.69, 9.17) is 0 Å².